The number of hydrogen-bond acceptors (Lipinski definition) is 3. The molecule has 0 aliphatic heterocycles. The molecular formula is C10H13NO2S. The molecule has 0 saturated heterocycles. The molecule has 1 rings (SSSR count). The number of carbonyl (C=O) groups is 1. The number of hydrogen-bond donors (Lipinski definition) is 1. The molecule has 0 saturated carbocycles. The van der Waals surface area contributed by atoms with Gasteiger partial charge in [0.2, 0.25) is 5.91 Å². The molecule has 0 spiro atoms. The second kappa shape index (κ2) is 5.54. The van der Waals surface area contributed by atoms with Gasteiger partial charge in [-0.15, -0.1) is 0 Å². The molecule has 1 amide bonds. The SMILES string of the molecule is COc1ccccc1NC(=O)CSC. The highest BCUT2D eigenvalue weighted by molar-refractivity contribution is 7.99. The van der Waals surface area contributed by atoms with E-state index < -0.39 is 0 Å². The van der Waals surface area contributed by atoms with Crippen LogP contribution < -0.4 is 10.1 Å². The van der Waals surface area contributed by atoms with Crippen molar-refractivity contribution in [1.82, 2.24) is 0 Å². The maximum absolute atomic E-state index is 11.3. The van der Waals surface area contributed by atoms with Crippen LogP contribution >= 0.6 is 11.8 Å². The highest BCUT2D eigenvalue weighted by Gasteiger charge is 2.05. The van der Waals surface area contributed by atoms with Crippen molar-refractivity contribution >= 4 is 23.4 Å². The van der Waals surface area contributed by atoms with E-state index in [-0.39, 0.29) is 5.91 Å². The summed E-state index contributed by atoms with van der Waals surface area (Å²) in [5.41, 5.74) is 0.717. The maximum atomic E-state index is 11.3. The Balaban J connectivity index is 2.70. The van der Waals surface area contributed by atoms with Crippen LogP contribution in [-0.4, -0.2) is 25.0 Å². The lowest BCUT2D eigenvalue weighted by Gasteiger charge is -2.08. The van der Waals surface area contributed by atoms with Crippen molar-refractivity contribution in [3.05, 3.63) is 24.3 Å². The van der Waals surface area contributed by atoms with Crippen molar-refractivity contribution in [3.8, 4) is 5.75 Å². The average Bonchev–Trinajstić information content (AvgIpc) is 2.19. The maximum Gasteiger partial charge on any atom is 0.234 e. The molecule has 1 aromatic rings. The van der Waals surface area contributed by atoms with Crippen LogP contribution in [0.1, 0.15) is 0 Å². The molecule has 0 aromatic heterocycles. The smallest absolute Gasteiger partial charge is 0.234 e. The minimum Gasteiger partial charge on any atom is -0.495 e. The van der Waals surface area contributed by atoms with E-state index in [9.17, 15) is 4.79 Å². The Bertz CT molecular complexity index is 315. The Labute approximate surface area is 87.8 Å². The zero-order valence-corrected chi connectivity index (χ0v) is 9.06. The first-order valence-corrected chi connectivity index (χ1v) is 5.59. The van der Waals surface area contributed by atoms with Gasteiger partial charge in [-0.3, -0.25) is 4.79 Å². The van der Waals surface area contributed by atoms with E-state index in [1.54, 1.807) is 7.11 Å². The molecule has 0 bridgehead atoms. The Hall–Kier alpha value is -1.16. The first-order valence-electron chi connectivity index (χ1n) is 4.19. The van der Waals surface area contributed by atoms with Crippen molar-refractivity contribution in [2.24, 2.45) is 0 Å². The predicted molar refractivity (Wildman–Crippen MR) is 60.0 cm³/mol. The molecule has 14 heavy (non-hydrogen) atoms. The molecule has 1 aromatic carbocycles. The fraction of sp³-hybridized carbons (Fsp3) is 0.300. The van der Waals surface area contributed by atoms with Crippen molar-refractivity contribution in [3.63, 3.8) is 0 Å². The van der Waals surface area contributed by atoms with Crippen LogP contribution in [0, 0.1) is 0 Å². The summed E-state index contributed by atoms with van der Waals surface area (Å²) < 4.78 is 5.10. The molecule has 0 atom stereocenters. The number of amides is 1. The van der Waals surface area contributed by atoms with Gasteiger partial charge in [0.15, 0.2) is 0 Å². The largest absolute Gasteiger partial charge is 0.495 e. The van der Waals surface area contributed by atoms with Gasteiger partial charge in [-0.05, 0) is 18.4 Å². The van der Waals surface area contributed by atoms with Gasteiger partial charge in [-0.2, -0.15) is 11.8 Å². The van der Waals surface area contributed by atoms with Gasteiger partial charge < -0.3 is 10.1 Å². The van der Waals surface area contributed by atoms with Crippen LogP contribution in [0.15, 0.2) is 24.3 Å². The van der Waals surface area contributed by atoms with Gasteiger partial charge in [0, 0.05) is 0 Å². The van der Waals surface area contributed by atoms with Gasteiger partial charge in [0.05, 0.1) is 18.6 Å². The third-order valence-corrected chi connectivity index (χ3v) is 2.21. The number of thioether (sulfide) groups is 1. The Morgan fingerprint density at radius 2 is 2.21 bits per heavy atom. The normalized spacial score (nSPS) is 9.57. The highest BCUT2D eigenvalue weighted by atomic mass is 32.2. The third kappa shape index (κ3) is 2.96. The van der Waals surface area contributed by atoms with Crippen molar-refractivity contribution < 1.29 is 9.53 Å². The molecule has 0 aliphatic rings. The first-order chi connectivity index (χ1) is 6.77. The molecular weight excluding hydrogens is 198 g/mol. The number of para-hydroxylation sites is 2. The van der Waals surface area contributed by atoms with Crippen molar-refractivity contribution in [2.45, 2.75) is 0 Å². The lowest BCUT2D eigenvalue weighted by Crippen LogP contribution is -2.14. The Kier molecular flexibility index (Phi) is 4.32. The van der Waals surface area contributed by atoms with Gasteiger partial charge in [0.25, 0.3) is 0 Å². The zero-order valence-electron chi connectivity index (χ0n) is 8.24. The molecule has 0 unspecified atom stereocenters. The first kappa shape index (κ1) is 10.9. The number of benzene rings is 1. The molecule has 0 heterocycles. The number of ether oxygens (including phenoxy) is 1. The van der Waals surface area contributed by atoms with Gasteiger partial charge in [0.1, 0.15) is 5.75 Å². The lowest BCUT2D eigenvalue weighted by molar-refractivity contribution is -0.113. The van der Waals surface area contributed by atoms with Crippen molar-refractivity contribution in [2.75, 3.05) is 24.4 Å². The Morgan fingerprint density at radius 1 is 1.50 bits per heavy atom. The fourth-order valence-corrected chi connectivity index (χ4v) is 1.40. The standard InChI is InChI=1S/C10H13NO2S/c1-13-9-6-4-3-5-8(9)11-10(12)7-14-2/h3-6H,7H2,1-2H3,(H,11,12). The number of anilines is 1. The average molecular weight is 211 g/mol. The van der Waals surface area contributed by atoms with Gasteiger partial charge >= 0.3 is 0 Å². The summed E-state index contributed by atoms with van der Waals surface area (Å²) in [7, 11) is 1.58. The highest BCUT2D eigenvalue weighted by Crippen LogP contribution is 2.22. The van der Waals surface area contributed by atoms with E-state index in [0.29, 0.717) is 17.2 Å². The number of rotatable bonds is 4. The second-order valence-electron chi connectivity index (χ2n) is 2.68. The number of methoxy groups -OCH3 is 1. The Morgan fingerprint density at radius 3 is 2.86 bits per heavy atom. The van der Waals surface area contributed by atoms with E-state index in [2.05, 4.69) is 5.32 Å². The molecule has 0 fully saturated rings. The fourth-order valence-electron chi connectivity index (χ4n) is 1.07. The molecule has 4 heteroatoms. The summed E-state index contributed by atoms with van der Waals surface area (Å²) in [5, 5.41) is 2.78. The van der Waals surface area contributed by atoms with Gasteiger partial charge in [-0.25, -0.2) is 0 Å². The number of carbonyl (C=O) groups excluding carboxylic acids is 1. The second-order valence-corrected chi connectivity index (χ2v) is 3.55. The molecule has 1 N–H and O–H groups in total. The molecule has 0 radical (unpaired) electrons. The van der Waals surface area contributed by atoms with E-state index in [1.165, 1.54) is 11.8 Å². The molecule has 3 nitrogen and oxygen atoms in total. The van der Waals surface area contributed by atoms with Crippen LogP contribution in [0.5, 0.6) is 5.75 Å². The van der Waals surface area contributed by atoms with Crippen LogP contribution in [-0.2, 0) is 4.79 Å². The van der Waals surface area contributed by atoms with Crippen LogP contribution in [0.25, 0.3) is 0 Å². The predicted octanol–water partition coefficient (Wildman–Crippen LogP) is 2.00. The van der Waals surface area contributed by atoms with E-state index in [1.807, 2.05) is 30.5 Å². The number of nitrogens with one attached hydrogen (secondary N) is 1. The van der Waals surface area contributed by atoms with Crippen LogP contribution in [0.3, 0.4) is 0 Å². The molecule has 0 aliphatic carbocycles. The molecule has 76 valence electrons. The summed E-state index contributed by atoms with van der Waals surface area (Å²) in [6, 6.07) is 7.35. The van der Waals surface area contributed by atoms with Crippen LogP contribution in [0.4, 0.5) is 5.69 Å². The summed E-state index contributed by atoms with van der Waals surface area (Å²) in [6.45, 7) is 0. The lowest BCUT2D eigenvalue weighted by atomic mass is 10.3. The monoisotopic (exact) mass is 211 g/mol. The van der Waals surface area contributed by atoms with Crippen molar-refractivity contribution in [1.29, 1.82) is 0 Å². The summed E-state index contributed by atoms with van der Waals surface area (Å²) in [4.78, 5) is 11.3. The minimum atomic E-state index is -0.0120. The topological polar surface area (TPSA) is 38.3 Å². The quantitative estimate of drug-likeness (QED) is 0.827. The summed E-state index contributed by atoms with van der Waals surface area (Å²) in [6.07, 6.45) is 1.89. The summed E-state index contributed by atoms with van der Waals surface area (Å²) in [5.74, 6) is 1.13. The van der Waals surface area contributed by atoms with Crippen LogP contribution in [0.2, 0.25) is 0 Å². The third-order valence-electron chi connectivity index (χ3n) is 1.66. The van der Waals surface area contributed by atoms with E-state index >= 15 is 0 Å². The summed E-state index contributed by atoms with van der Waals surface area (Å²) >= 11 is 1.49. The van der Waals surface area contributed by atoms with E-state index in [4.69, 9.17) is 4.74 Å². The zero-order chi connectivity index (χ0) is 10.4. The van der Waals surface area contributed by atoms with Gasteiger partial charge in [-0.1, -0.05) is 12.1 Å². The van der Waals surface area contributed by atoms with E-state index in [0.717, 1.165) is 0 Å². The minimum absolute atomic E-state index is 0.0120.